The molecule has 2 atom stereocenters. The second-order valence-electron chi connectivity index (χ2n) is 3.12. The molecule has 0 aromatic carbocycles. The highest BCUT2D eigenvalue weighted by Gasteiger charge is 2.22. The van der Waals surface area contributed by atoms with Crippen molar-refractivity contribution >= 4 is 0 Å². The Kier molecular flexibility index (Phi) is 3.16. The van der Waals surface area contributed by atoms with Gasteiger partial charge in [0.25, 0.3) is 0 Å². The lowest BCUT2D eigenvalue weighted by Crippen LogP contribution is -2.37. The summed E-state index contributed by atoms with van der Waals surface area (Å²) >= 11 is 0. The lowest BCUT2D eigenvalue weighted by atomic mass is 9.85. The summed E-state index contributed by atoms with van der Waals surface area (Å²) in [6, 6.07) is 0.568. The summed E-state index contributed by atoms with van der Waals surface area (Å²) in [5.74, 6) is 0.513. The molecule has 1 aliphatic rings. The Balaban J connectivity index is 2.34. The molecule has 60 valence electrons. The Morgan fingerprint density at radius 2 is 2.10 bits per heavy atom. The van der Waals surface area contributed by atoms with E-state index in [2.05, 4.69) is 5.32 Å². The van der Waals surface area contributed by atoms with Crippen molar-refractivity contribution in [2.45, 2.75) is 31.7 Å². The fourth-order valence-corrected chi connectivity index (χ4v) is 1.81. The molecule has 0 saturated heterocycles. The molecule has 0 aromatic rings. The molecule has 10 heavy (non-hydrogen) atoms. The minimum absolute atomic E-state index is 0.353. The summed E-state index contributed by atoms with van der Waals surface area (Å²) in [4.78, 5) is 0. The zero-order valence-electron chi connectivity index (χ0n) is 6.64. The zero-order chi connectivity index (χ0) is 7.40. The van der Waals surface area contributed by atoms with Gasteiger partial charge in [-0.2, -0.15) is 0 Å². The van der Waals surface area contributed by atoms with Crippen LogP contribution in [0, 0.1) is 5.92 Å². The first-order chi connectivity index (χ1) is 4.88. The highest BCUT2D eigenvalue weighted by molar-refractivity contribution is 4.78. The van der Waals surface area contributed by atoms with Crippen molar-refractivity contribution in [2.75, 3.05) is 13.7 Å². The maximum Gasteiger partial charge on any atom is 0.0474 e. The van der Waals surface area contributed by atoms with Crippen molar-refractivity contribution in [3.8, 4) is 0 Å². The summed E-state index contributed by atoms with van der Waals surface area (Å²) in [5, 5.41) is 12.2. The van der Waals surface area contributed by atoms with Gasteiger partial charge >= 0.3 is 0 Å². The molecule has 2 nitrogen and oxygen atoms in total. The van der Waals surface area contributed by atoms with Gasteiger partial charge in [0.15, 0.2) is 0 Å². The van der Waals surface area contributed by atoms with Crippen molar-refractivity contribution in [2.24, 2.45) is 5.92 Å². The maximum absolute atomic E-state index is 8.95. The van der Waals surface area contributed by atoms with Crippen LogP contribution >= 0.6 is 0 Å². The highest BCUT2D eigenvalue weighted by atomic mass is 16.3. The Bertz CT molecular complexity index is 83.3. The normalized spacial score (nSPS) is 34.2. The minimum Gasteiger partial charge on any atom is -0.396 e. The molecule has 1 aliphatic carbocycles. The summed E-state index contributed by atoms with van der Waals surface area (Å²) in [6.07, 6.45) is 5.05. The van der Waals surface area contributed by atoms with Crippen LogP contribution in [0.2, 0.25) is 0 Å². The highest BCUT2D eigenvalue weighted by Crippen LogP contribution is 2.23. The second kappa shape index (κ2) is 3.94. The van der Waals surface area contributed by atoms with Gasteiger partial charge < -0.3 is 10.4 Å². The van der Waals surface area contributed by atoms with Crippen LogP contribution in [-0.2, 0) is 0 Å². The molecule has 1 unspecified atom stereocenters. The molecule has 1 rings (SSSR count). The van der Waals surface area contributed by atoms with Crippen LogP contribution in [-0.4, -0.2) is 24.8 Å². The number of rotatable bonds is 2. The van der Waals surface area contributed by atoms with Gasteiger partial charge in [-0.1, -0.05) is 12.8 Å². The number of aliphatic hydroxyl groups is 1. The first-order valence-corrected chi connectivity index (χ1v) is 4.16. The van der Waals surface area contributed by atoms with Gasteiger partial charge in [0.05, 0.1) is 0 Å². The van der Waals surface area contributed by atoms with Gasteiger partial charge in [0.1, 0.15) is 0 Å². The van der Waals surface area contributed by atoms with Crippen LogP contribution in [0.1, 0.15) is 25.7 Å². The molecule has 2 N–H and O–H groups in total. The molecule has 0 radical (unpaired) electrons. The van der Waals surface area contributed by atoms with Gasteiger partial charge in [-0.3, -0.25) is 0 Å². The molecule has 2 heteroatoms. The van der Waals surface area contributed by atoms with E-state index in [-0.39, 0.29) is 0 Å². The maximum atomic E-state index is 8.95. The van der Waals surface area contributed by atoms with Crippen LogP contribution in [0.15, 0.2) is 0 Å². The summed E-state index contributed by atoms with van der Waals surface area (Å²) in [5.41, 5.74) is 0. The predicted molar refractivity (Wildman–Crippen MR) is 41.9 cm³/mol. The van der Waals surface area contributed by atoms with Crippen LogP contribution in [0.3, 0.4) is 0 Å². The van der Waals surface area contributed by atoms with Crippen molar-refractivity contribution in [3.05, 3.63) is 0 Å². The minimum atomic E-state index is 0.353. The van der Waals surface area contributed by atoms with E-state index in [1.165, 1.54) is 25.7 Å². The second-order valence-corrected chi connectivity index (χ2v) is 3.12. The Morgan fingerprint density at radius 1 is 1.40 bits per heavy atom. The van der Waals surface area contributed by atoms with Gasteiger partial charge in [-0.15, -0.1) is 0 Å². The molecule has 0 aliphatic heterocycles. The third-order valence-corrected chi connectivity index (χ3v) is 2.51. The lowest BCUT2D eigenvalue weighted by Gasteiger charge is -2.29. The van der Waals surface area contributed by atoms with E-state index < -0.39 is 0 Å². The number of hydrogen-bond acceptors (Lipinski definition) is 2. The first kappa shape index (κ1) is 8.02. The summed E-state index contributed by atoms with van der Waals surface area (Å²) in [7, 11) is 1.98. The quantitative estimate of drug-likeness (QED) is 0.598. The van der Waals surface area contributed by atoms with Gasteiger partial charge in [0, 0.05) is 12.6 Å². The molecular weight excluding hydrogens is 126 g/mol. The van der Waals surface area contributed by atoms with Crippen molar-refractivity contribution in [1.82, 2.24) is 5.32 Å². The molecule has 1 saturated carbocycles. The van der Waals surface area contributed by atoms with Crippen molar-refractivity contribution in [1.29, 1.82) is 0 Å². The van der Waals surface area contributed by atoms with E-state index in [4.69, 9.17) is 5.11 Å². The predicted octanol–water partition coefficient (Wildman–Crippen LogP) is 0.757. The number of nitrogens with one attached hydrogen (secondary N) is 1. The fourth-order valence-electron chi connectivity index (χ4n) is 1.81. The van der Waals surface area contributed by atoms with E-state index in [1.807, 2.05) is 7.05 Å². The van der Waals surface area contributed by atoms with E-state index in [9.17, 15) is 0 Å². The van der Waals surface area contributed by atoms with Crippen LogP contribution in [0.5, 0.6) is 0 Å². The standard InChI is InChI=1S/C8H17NO/c1-9-8-5-3-2-4-7(8)6-10/h7-10H,2-6H2,1H3/t7-,8?/m0/s1. The van der Waals surface area contributed by atoms with E-state index in [0.717, 1.165) is 0 Å². The molecule has 0 amide bonds. The average Bonchev–Trinajstić information content (AvgIpc) is 2.04. The smallest absolute Gasteiger partial charge is 0.0474 e. The summed E-state index contributed by atoms with van der Waals surface area (Å²) in [6.45, 7) is 0.353. The van der Waals surface area contributed by atoms with Crippen LogP contribution in [0.25, 0.3) is 0 Å². The van der Waals surface area contributed by atoms with Gasteiger partial charge in [-0.05, 0) is 25.8 Å². The Hall–Kier alpha value is -0.0800. The van der Waals surface area contributed by atoms with Crippen LogP contribution in [0.4, 0.5) is 0 Å². The van der Waals surface area contributed by atoms with Gasteiger partial charge in [0.2, 0.25) is 0 Å². The fraction of sp³-hybridized carbons (Fsp3) is 1.00. The molecule has 1 fully saturated rings. The summed E-state index contributed by atoms with van der Waals surface area (Å²) < 4.78 is 0. The Labute approximate surface area is 62.6 Å². The molecule has 0 heterocycles. The van der Waals surface area contributed by atoms with E-state index in [0.29, 0.717) is 18.6 Å². The van der Waals surface area contributed by atoms with E-state index in [1.54, 1.807) is 0 Å². The molecule has 0 bridgehead atoms. The third kappa shape index (κ3) is 1.70. The Morgan fingerprint density at radius 3 is 2.60 bits per heavy atom. The first-order valence-electron chi connectivity index (χ1n) is 4.16. The average molecular weight is 143 g/mol. The lowest BCUT2D eigenvalue weighted by molar-refractivity contribution is 0.157. The molecule has 0 spiro atoms. The molecular formula is C8H17NO. The van der Waals surface area contributed by atoms with Gasteiger partial charge in [-0.25, -0.2) is 0 Å². The van der Waals surface area contributed by atoms with Crippen molar-refractivity contribution in [3.63, 3.8) is 0 Å². The topological polar surface area (TPSA) is 32.3 Å². The van der Waals surface area contributed by atoms with Crippen LogP contribution < -0.4 is 5.32 Å². The van der Waals surface area contributed by atoms with E-state index >= 15 is 0 Å². The number of hydrogen-bond donors (Lipinski definition) is 2. The third-order valence-electron chi connectivity index (χ3n) is 2.51. The SMILES string of the molecule is CNC1CCCC[C@H]1CO. The zero-order valence-corrected chi connectivity index (χ0v) is 6.64. The monoisotopic (exact) mass is 143 g/mol. The number of aliphatic hydroxyl groups excluding tert-OH is 1. The van der Waals surface area contributed by atoms with Crippen molar-refractivity contribution < 1.29 is 5.11 Å². The molecule has 0 aromatic heterocycles. The largest absolute Gasteiger partial charge is 0.396 e.